The molecule has 0 aromatic heterocycles. The quantitative estimate of drug-likeness (QED) is 0.759. The van der Waals surface area contributed by atoms with Gasteiger partial charge in [0, 0.05) is 0 Å². The van der Waals surface area contributed by atoms with E-state index in [2.05, 4.69) is 0 Å². The van der Waals surface area contributed by atoms with E-state index < -0.39 is 17.7 Å². The van der Waals surface area contributed by atoms with Crippen molar-refractivity contribution in [1.82, 2.24) is 0 Å². The van der Waals surface area contributed by atoms with Crippen LogP contribution in [0.1, 0.15) is 18.5 Å². The van der Waals surface area contributed by atoms with E-state index in [1.807, 2.05) is 0 Å². The maximum absolute atomic E-state index is 12.7. The molecule has 0 heterocycles. The second-order valence-corrected chi connectivity index (χ2v) is 2.76. The zero-order valence-electron chi connectivity index (χ0n) is 7.05. The summed E-state index contributed by atoms with van der Waals surface area (Å²) in [6.45, 7) is 1.30. The van der Waals surface area contributed by atoms with Crippen molar-refractivity contribution in [3.63, 3.8) is 0 Å². The van der Waals surface area contributed by atoms with Gasteiger partial charge >= 0.3 is 0 Å². The van der Waals surface area contributed by atoms with Crippen molar-refractivity contribution in [3.8, 4) is 0 Å². The molecule has 0 saturated carbocycles. The second-order valence-electron chi connectivity index (χ2n) is 2.76. The minimum Gasteiger partial charge on any atom is -0.318 e. The lowest BCUT2D eigenvalue weighted by atomic mass is 10.0. The van der Waals surface area contributed by atoms with E-state index >= 15 is 0 Å². The highest BCUT2D eigenvalue weighted by Crippen LogP contribution is 2.14. The largest absolute Gasteiger partial charge is 0.318 e. The lowest BCUT2D eigenvalue weighted by Gasteiger charge is -2.07. The highest BCUT2D eigenvalue weighted by molar-refractivity contribution is 5.82. The first-order valence-electron chi connectivity index (χ1n) is 3.73. The average molecular weight is 185 g/mol. The number of carbonyl (C=O) groups is 1. The van der Waals surface area contributed by atoms with Crippen LogP contribution < -0.4 is 5.73 Å². The van der Waals surface area contributed by atoms with Crippen molar-refractivity contribution in [3.05, 3.63) is 35.4 Å². The first kappa shape index (κ1) is 9.80. The Morgan fingerprint density at radius 1 is 1.38 bits per heavy atom. The number of hydrogen-bond donors (Lipinski definition) is 1. The molecule has 0 amide bonds. The van der Waals surface area contributed by atoms with Gasteiger partial charge in [-0.05, 0) is 24.6 Å². The van der Waals surface area contributed by atoms with Crippen LogP contribution in [0.4, 0.5) is 8.78 Å². The van der Waals surface area contributed by atoms with Gasteiger partial charge in [-0.1, -0.05) is 6.07 Å². The summed E-state index contributed by atoms with van der Waals surface area (Å²) in [4.78, 5) is 10.8. The molecular formula is C9H9F2NO. The molecule has 70 valence electrons. The Kier molecular flexibility index (Phi) is 2.72. The Balaban J connectivity index is 3.03. The molecule has 0 bridgehead atoms. The fraction of sp³-hybridized carbons (Fsp3) is 0.222. The van der Waals surface area contributed by atoms with E-state index in [4.69, 9.17) is 5.73 Å². The van der Waals surface area contributed by atoms with Gasteiger partial charge in [0.1, 0.15) is 0 Å². The molecule has 1 aromatic carbocycles. The van der Waals surface area contributed by atoms with Gasteiger partial charge in [-0.25, -0.2) is 8.78 Å². The number of halogens is 2. The van der Waals surface area contributed by atoms with Crippen molar-refractivity contribution < 1.29 is 13.6 Å². The Morgan fingerprint density at radius 3 is 2.46 bits per heavy atom. The zero-order valence-corrected chi connectivity index (χ0v) is 7.05. The van der Waals surface area contributed by atoms with Gasteiger partial charge in [0.25, 0.3) is 0 Å². The van der Waals surface area contributed by atoms with Gasteiger partial charge < -0.3 is 5.73 Å². The van der Waals surface area contributed by atoms with Crippen LogP contribution in [0.5, 0.6) is 0 Å². The van der Waals surface area contributed by atoms with Crippen molar-refractivity contribution in [2.24, 2.45) is 5.73 Å². The van der Waals surface area contributed by atoms with Crippen LogP contribution in [0.3, 0.4) is 0 Å². The summed E-state index contributed by atoms with van der Waals surface area (Å²) in [7, 11) is 0. The molecule has 2 nitrogen and oxygen atoms in total. The number of rotatable bonds is 2. The zero-order chi connectivity index (χ0) is 10.0. The van der Waals surface area contributed by atoms with Gasteiger partial charge in [0.15, 0.2) is 17.4 Å². The Hall–Kier alpha value is -1.29. The van der Waals surface area contributed by atoms with Gasteiger partial charge in [0.05, 0.1) is 6.04 Å². The SMILES string of the molecule is CC(=O)C(N)c1ccc(F)c(F)c1. The lowest BCUT2D eigenvalue weighted by molar-refractivity contribution is -0.118. The molecule has 0 saturated heterocycles. The van der Waals surface area contributed by atoms with Crippen LogP contribution in [0.25, 0.3) is 0 Å². The molecule has 2 N–H and O–H groups in total. The molecule has 0 aliphatic rings. The molecule has 1 aromatic rings. The molecule has 0 radical (unpaired) electrons. The van der Waals surface area contributed by atoms with Crippen LogP contribution in [0.2, 0.25) is 0 Å². The predicted molar refractivity (Wildman–Crippen MR) is 44.0 cm³/mol. The highest BCUT2D eigenvalue weighted by atomic mass is 19.2. The van der Waals surface area contributed by atoms with Crippen molar-refractivity contribution >= 4 is 5.78 Å². The second kappa shape index (κ2) is 3.62. The number of ketones is 1. The van der Waals surface area contributed by atoms with Crippen molar-refractivity contribution in [1.29, 1.82) is 0 Å². The number of hydrogen-bond acceptors (Lipinski definition) is 2. The summed E-state index contributed by atoms with van der Waals surface area (Å²) >= 11 is 0. The molecule has 0 fully saturated rings. The molecule has 0 aliphatic heterocycles. The van der Waals surface area contributed by atoms with Gasteiger partial charge in [0.2, 0.25) is 0 Å². The minimum atomic E-state index is -0.991. The monoisotopic (exact) mass is 185 g/mol. The Labute approximate surface area is 74.4 Å². The third kappa shape index (κ3) is 2.09. The number of benzene rings is 1. The van der Waals surface area contributed by atoms with Crippen LogP contribution >= 0.6 is 0 Å². The van der Waals surface area contributed by atoms with Crippen LogP contribution in [-0.2, 0) is 4.79 Å². The van der Waals surface area contributed by atoms with E-state index in [9.17, 15) is 13.6 Å². The van der Waals surface area contributed by atoms with E-state index in [-0.39, 0.29) is 11.3 Å². The van der Waals surface area contributed by atoms with Crippen LogP contribution in [-0.4, -0.2) is 5.78 Å². The van der Waals surface area contributed by atoms with Crippen LogP contribution in [0.15, 0.2) is 18.2 Å². The maximum atomic E-state index is 12.7. The van der Waals surface area contributed by atoms with Gasteiger partial charge in [-0.15, -0.1) is 0 Å². The number of Topliss-reactive ketones (excluding diaryl/α,β-unsaturated/α-hetero) is 1. The topological polar surface area (TPSA) is 43.1 Å². The first-order chi connectivity index (χ1) is 6.02. The predicted octanol–water partition coefficient (Wildman–Crippen LogP) is 1.55. The number of carbonyl (C=O) groups excluding carboxylic acids is 1. The summed E-state index contributed by atoms with van der Waals surface area (Å²) in [6, 6.07) is 2.30. The molecule has 0 aliphatic carbocycles. The maximum Gasteiger partial charge on any atom is 0.159 e. The van der Waals surface area contributed by atoms with E-state index in [1.54, 1.807) is 0 Å². The molecule has 13 heavy (non-hydrogen) atoms. The summed E-state index contributed by atoms with van der Waals surface area (Å²) in [5, 5.41) is 0. The standard InChI is InChI=1S/C9H9F2NO/c1-5(13)9(12)6-2-3-7(10)8(11)4-6/h2-4,9H,12H2,1H3. The first-order valence-corrected chi connectivity index (χ1v) is 3.73. The molecule has 4 heteroatoms. The van der Waals surface area contributed by atoms with Crippen molar-refractivity contribution in [2.45, 2.75) is 13.0 Å². The lowest BCUT2D eigenvalue weighted by Crippen LogP contribution is -2.18. The normalized spacial score (nSPS) is 12.6. The fourth-order valence-corrected chi connectivity index (χ4v) is 0.941. The Bertz CT molecular complexity index is 338. The summed E-state index contributed by atoms with van der Waals surface area (Å²) in [5.74, 6) is -2.22. The molecule has 1 rings (SSSR count). The van der Waals surface area contributed by atoms with Crippen molar-refractivity contribution in [2.75, 3.05) is 0 Å². The third-order valence-corrected chi connectivity index (χ3v) is 1.74. The van der Waals surface area contributed by atoms with E-state index in [1.165, 1.54) is 13.0 Å². The summed E-state index contributed by atoms with van der Waals surface area (Å²) in [6.07, 6.45) is 0. The molecule has 1 atom stereocenters. The highest BCUT2D eigenvalue weighted by Gasteiger charge is 2.12. The van der Waals surface area contributed by atoms with Gasteiger partial charge in [-0.2, -0.15) is 0 Å². The third-order valence-electron chi connectivity index (χ3n) is 1.74. The summed E-state index contributed by atoms with van der Waals surface area (Å²) < 4.78 is 25.1. The Morgan fingerprint density at radius 2 is 2.00 bits per heavy atom. The van der Waals surface area contributed by atoms with E-state index in [0.29, 0.717) is 0 Å². The van der Waals surface area contributed by atoms with Gasteiger partial charge in [-0.3, -0.25) is 4.79 Å². The van der Waals surface area contributed by atoms with Crippen LogP contribution in [0, 0.1) is 11.6 Å². The molecule has 1 unspecified atom stereocenters. The molecule has 0 spiro atoms. The fourth-order valence-electron chi connectivity index (χ4n) is 0.941. The average Bonchev–Trinajstić information content (AvgIpc) is 2.08. The molecular weight excluding hydrogens is 176 g/mol. The number of nitrogens with two attached hydrogens (primary N) is 1. The smallest absolute Gasteiger partial charge is 0.159 e. The summed E-state index contributed by atoms with van der Waals surface area (Å²) in [5.41, 5.74) is 5.70. The van der Waals surface area contributed by atoms with E-state index in [0.717, 1.165) is 12.1 Å². The minimum absolute atomic E-state index is 0.284.